The van der Waals surface area contributed by atoms with Crippen LogP contribution >= 0.6 is 11.6 Å². The molecule has 1 unspecified atom stereocenters. The summed E-state index contributed by atoms with van der Waals surface area (Å²) >= 11 is 6.77. The fourth-order valence-corrected chi connectivity index (χ4v) is 5.19. The molecule has 4 aromatic rings. The molecule has 0 amide bonds. The topological polar surface area (TPSA) is 98.6 Å². The van der Waals surface area contributed by atoms with E-state index >= 15 is 0 Å². The molecule has 1 atom stereocenters. The number of benzene rings is 2. The molecule has 1 aliphatic carbocycles. The van der Waals surface area contributed by atoms with Gasteiger partial charge in [-0.3, -0.25) is 0 Å². The summed E-state index contributed by atoms with van der Waals surface area (Å²) in [4.78, 5) is 17.1. The van der Waals surface area contributed by atoms with Crippen molar-refractivity contribution < 1.29 is 9.53 Å². The molecule has 1 N–H and O–H groups in total. The molecule has 9 heteroatoms. The smallest absolute Gasteiger partial charge is 0.360 e. The summed E-state index contributed by atoms with van der Waals surface area (Å²) < 4.78 is 7.25. The molecule has 1 aliphatic rings. The average molecular weight is 491 g/mol. The van der Waals surface area contributed by atoms with Crippen LogP contribution in [0.4, 0.5) is 0 Å². The van der Waals surface area contributed by atoms with Crippen LogP contribution in [0.5, 0.6) is 0 Å². The maximum Gasteiger partial charge on any atom is 0.360 e. The van der Waals surface area contributed by atoms with Crippen molar-refractivity contribution in [2.75, 3.05) is 6.61 Å². The van der Waals surface area contributed by atoms with Crippen LogP contribution in [-0.2, 0) is 17.6 Å². The molecule has 0 radical (unpaired) electrons. The first-order chi connectivity index (χ1) is 17.1. The third-order valence-electron chi connectivity index (χ3n) is 6.49. The Morgan fingerprint density at radius 1 is 1.20 bits per heavy atom. The number of halogens is 1. The number of aromatic nitrogens is 6. The summed E-state index contributed by atoms with van der Waals surface area (Å²) in [6, 6.07) is 14.6. The third-order valence-corrected chi connectivity index (χ3v) is 6.85. The van der Waals surface area contributed by atoms with Crippen LogP contribution in [-0.4, -0.2) is 42.8 Å². The zero-order valence-corrected chi connectivity index (χ0v) is 20.5. The predicted octanol–water partition coefficient (Wildman–Crippen LogP) is 5.44. The molecule has 5 rings (SSSR count). The fourth-order valence-electron chi connectivity index (χ4n) is 4.86. The molecule has 0 fully saturated rings. The SMILES string of the molecule is CCCCc1nc(C(=O)OCC)c(Cl)n1C1CCc2cc(-c3ccccc3-c3nnn[nH]3)ccc21. The molecule has 35 heavy (non-hydrogen) atoms. The number of aryl methyl sites for hydroxylation is 2. The Morgan fingerprint density at radius 3 is 2.77 bits per heavy atom. The lowest BCUT2D eigenvalue weighted by molar-refractivity contribution is 0.0520. The predicted molar refractivity (Wildman–Crippen MR) is 133 cm³/mol. The van der Waals surface area contributed by atoms with Crippen LogP contribution in [0.1, 0.15) is 66.6 Å². The number of imidazole rings is 1. The number of carbonyl (C=O) groups is 1. The van der Waals surface area contributed by atoms with Gasteiger partial charge in [0.1, 0.15) is 11.0 Å². The van der Waals surface area contributed by atoms with Crippen LogP contribution in [0, 0.1) is 0 Å². The minimum atomic E-state index is -0.471. The highest BCUT2D eigenvalue weighted by atomic mass is 35.5. The Balaban J connectivity index is 1.53. The monoisotopic (exact) mass is 490 g/mol. The average Bonchev–Trinajstić information content (AvgIpc) is 3.62. The molecule has 2 heterocycles. The summed E-state index contributed by atoms with van der Waals surface area (Å²) in [7, 11) is 0. The zero-order valence-electron chi connectivity index (χ0n) is 19.8. The number of ether oxygens (including phenoxy) is 1. The standard InChI is InChI=1S/C26H27ClN6O2/c1-3-5-10-22-28-23(26(34)35-4-2)24(27)33(22)21-14-12-17-15-16(11-13-19(17)21)18-8-6-7-9-20(18)25-29-31-32-30-25/h6-9,11,13,15,21H,3-5,10,12,14H2,1-2H3,(H,29,30,31,32). The van der Waals surface area contributed by atoms with Gasteiger partial charge < -0.3 is 9.30 Å². The zero-order chi connectivity index (χ0) is 24.4. The maximum absolute atomic E-state index is 12.5. The summed E-state index contributed by atoms with van der Waals surface area (Å²) in [6.45, 7) is 4.20. The summed E-state index contributed by atoms with van der Waals surface area (Å²) in [5.74, 6) is 1.00. The minimum absolute atomic E-state index is 0.0304. The van der Waals surface area contributed by atoms with Crippen molar-refractivity contribution in [3.05, 3.63) is 70.3 Å². The van der Waals surface area contributed by atoms with E-state index in [0.717, 1.165) is 54.6 Å². The summed E-state index contributed by atoms with van der Waals surface area (Å²) in [6.07, 6.45) is 4.57. The van der Waals surface area contributed by atoms with Gasteiger partial charge in [-0.2, -0.15) is 0 Å². The van der Waals surface area contributed by atoms with Crippen molar-refractivity contribution in [3.8, 4) is 22.5 Å². The largest absolute Gasteiger partial charge is 0.461 e. The highest BCUT2D eigenvalue weighted by Crippen LogP contribution is 2.41. The van der Waals surface area contributed by atoms with Crippen LogP contribution < -0.4 is 0 Å². The number of unbranched alkanes of at least 4 members (excludes halogenated alkanes) is 1. The lowest BCUT2D eigenvalue weighted by atomic mass is 9.96. The Morgan fingerprint density at radius 2 is 2.03 bits per heavy atom. The molecule has 8 nitrogen and oxygen atoms in total. The van der Waals surface area contributed by atoms with E-state index < -0.39 is 5.97 Å². The Bertz CT molecular complexity index is 1350. The van der Waals surface area contributed by atoms with E-state index in [-0.39, 0.29) is 18.3 Å². The molecular formula is C26H27ClN6O2. The molecule has 2 aromatic carbocycles. The summed E-state index contributed by atoms with van der Waals surface area (Å²) in [5.41, 5.74) is 5.80. The van der Waals surface area contributed by atoms with Gasteiger partial charge in [0.15, 0.2) is 11.5 Å². The van der Waals surface area contributed by atoms with Crippen LogP contribution in [0.25, 0.3) is 22.5 Å². The van der Waals surface area contributed by atoms with Gasteiger partial charge in [0.2, 0.25) is 0 Å². The number of nitrogens with one attached hydrogen (secondary N) is 1. The van der Waals surface area contributed by atoms with E-state index in [0.29, 0.717) is 11.0 Å². The van der Waals surface area contributed by atoms with Gasteiger partial charge >= 0.3 is 5.97 Å². The Hall–Kier alpha value is -3.52. The number of hydrogen-bond acceptors (Lipinski definition) is 6. The fraction of sp³-hybridized carbons (Fsp3) is 0.346. The van der Waals surface area contributed by atoms with Crippen molar-refractivity contribution in [2.24, 2.45) is 0 Å². The number of rotatable bonds is 8. The molecule has 0 bridgehead atoms. The van der Waals surface area contributed by atoms with Crippen molar-refractivity contribution in [3.63, 3.8) is 0 Å². The van der Waals surface area contributed by atoms with Gasteiger partial charge in [-0.05, 0) is 58.9 Å². The van der Waals surface area contributed by atoms with Crippen molar-refractivity contribution in [1.82, 2.24) is 30.2 Å². The molecule has 180 valence electrons. The minimum Gasteiger partial charge on any atom is -0.461 e. The van der Waals surface area contributed by atoms with Crippen molar-refractivity contribution in [2.45, 2.75) is 52.0 Å². The van der Waals surface area contributed by atoms with E-state index in [2.05, 4.69) is 56.8 Å². The molecule has 0 saturated carbocycles. The van der Waals surface area contributed by atoms with Crippen LogP contribution in [0.15, 0.2) is 42.5 Å². The second-order valence-corrected chi connectivity index (χ2v) is 8.98. The highest BCUT2D eigenvalue weighted by Gasteiger charge is 2.31. The molecule has 0 spiro atoms. The molecule has 0 aliphatic heterocycles. The van der Waals surface area contributed by atoms with E-state index in [4.69, 9.17) is 16.3 Å². The molecule has 2 aromatic heterocycles. The first-order valence-electron chi connectivity index (χ1n) is 12.0. The number of esters is 1. The van der Waals surface area contributed by atoms with Gasteiger partial charge in [0.05, 0.1) is 12.6 Å². The maximum atomic E-state index is 12.5. The van der Waals surface area contributed by atoms with Gasteiger partial charge in [-0.15, -0.1) is 5.10 Å². The number of tetrazole rings is 1. The van der Waals surface area contributed by atoms with E-state index in [1.165, 1.54) is 11.1 Å². The van der Waals surface area contributed by atoms with E-state index in [9.17, 15) is 4.79 Å². The quantitative estimate of drug-likeness (QED) is 0.330. The second kappa shape index (κ2) is 10.00. The number of fused-ring (bicyclic) bond motifs is 1. The summed E-state index contributed by atoms with van der Waals surface area (Å²) in [5, 5.41) is 14.8. The van der Waals surface area contributed by atoms with Gasteiger partial charge in [0, 0.05) is 12.0 Å². The lowest BCUT2D eigenvalue weighted by Gasteiger charge is -2.19. The normalized spacial score (nSPS) is 14.8. The van der Waals surface area contributed by atoms with E-state index in [1.807, 2.05) is 22.8 Å². The first kappa shape index (κ1) is 23.2. The third kappa shape index (κ3) is 4.34. The van der Waals surface area contributed by atoms with Gasteiger partial charge in [0.25, 0.3) is 0 Å². The number of nitrogens with zero attached hydrogens (tertiary/aromatic N) is 5. The second-order valence-electron chi connectivity index (χ2n) is 8.62. The Labute approximate surface area is 208 Å². The van der Waals surface area contributed by atoms with Crippen molar-refractivity contribution in [1.29, 1.82) is 0 Å². The number of H-pyrrole nitrogens is 1. The number of hydrogen-bond donors (Lipinski definition) is 1. The highest BCUT2D eigenvalue weighted by molar-refractivity contribution is 6.32. The molecule has 0 saturated heterocycles. The molecular weight excluding hydrogens is 464 g/mol. The van der Waals surface area contributed by atoms with Gasteiger partial charge in [-0.25, -0.2) is 14.9 Å². The Kier molecular flexibility index (Phi) is 6.63. The van der Waals surface area contributed by atoms with Crippen molar-refractivity contribution >= 4 is 17.6 Å². The lowest BCUT2D eigenvalue weighted by Crippen LogP contribution is -2.12. The number of aromatic amines is 1. The van der Waals surface area contributed by atoms with Gasteiger partial charge in [-0.1, -0.05) is 67.4 Å². The van der Waals surface area contributed by atoms with Crippen LogP contribution in [0.2, 0.25) is 5.15 Å². The number of carbonyl (C=O) groups excluding carboxylic acids is 1. The van der Waals surface area contributed by atoms with Crippen LogP contribution in [0.3, 0.4) is 0 Å². The van der Waals surface area contributed by atoms with E-state index in [1.54, 1.807) is 6.92 Å². The first-order valence-corrected chi connectivity index (χ1v) is 12.4.